The van der Waals surface area contributed by atoms with Crippen molar-refractivity contribution in [2.24, 2.45) is 0 Å². The molecule has 3 heteroatoms. The summed E-state index contributed by atoms with van der Waals surface area (Å²) in [4.78, 5) is 10.3. The fourth-order valence-corrected chi connectivity index (χ4v) is 6.33. The minimum atomic E-state index is 0.107. The molecule has 0 fully saturated rings. The molecule has 0 unspecified atom stereocenters. The van der Waals surface area contributed by atoms with Crippen LogP contribution < -0.4 is 9.80 Å². The van der Waals surface area contributed by atoms with E-state index in [1.165, 1.54) is 56.1 Å². The number of pyridine rings is 1. The number of aromatic nitrogens is 1. The molecule has 38 heavy (non-hydrogen) atoms. The Balaban J connectivity index is 1.70. The summed E-state index contributed by atoms with van der Waals surface area (Å²) >= 11 is 0. The van der Waals surface area contributed by atoms with E-state index in [0.717, 1.165) is 11.4 Å². The van der Waals surface area contributed by atoms with E-state index in [2.05, 4.69) is 139 Å². The summed E-state index contributed by atoms with van der Waals surface area (Å²) < 4.78 is 0. The van der Waals surface area contributed by atoms with Crippen LogP contribution in [0.15, 0.2) is 66.7 Å². The maximum Gasteiger partial charge on any atom is 0.108 e. The van der Waals surface area contributed by atoms with Crippen LogP contribution in [0.3, 0.4) is 0 Å². The minimum Gasteiger partial charge on any atom is -0.318 e. The van der Waals surface area contributed by atoms with E-state index in [9.17, 15) is 0 Å². The minimum absolute atomic E-state index is 0.107. The first-order valence-corrected chi connectivity index (χ1v) is 14.0. The lowest BCUT2D eigenvalue weighted by molar-refractivity contribution is 0.733. The average Bonchev–Trinajstić information content (AvgIpc) is 3.14. The smallest absolute Gasteiger partial charge is 0.108 e. The fraction of sp³-hybridized carbons (Fsp3) is 0.343. The maximum absolute atomic E-state index is 5.21. The number of fused-ring (bicyclic) bond motifs is 1. The molecule has 2 heterocycles. The zero-order chi connectivity index (χ0) is 27.3. The topological polar surface area (TPSA) is 19.4 Å². The van der Waals surface area contributed by atoms with E-state index in [-0.39, 0.29) is 6.17 Å². The van der Waals surface area contributed by atoms with Gasteiger partial charge in [0.1, 0.15) is 6.17 Å². The maximum atomic E-state index is 5.21. The number of nitrogens with zero attached hydrogens (tertiary/aromatic N) is 3. The largest absolute Gasteiger partial charge is 0.318 e. The van der Waals surface area contributed by atoms with Crippen molar-refractivity contribution in [1.29, 1.82) is 0 Å². The third kappa shape index (κ3) is 4.18. The number of rotatable bonds is 5. The van der Waals surface area contributed by atoms with Gasteiger partial charge >= 0.3 is 0 Å². The molecule has 1 aliphatic heterocycles. The van der Waals surface area contributed by atoms with Crippen molar-refractivity contribution in [2.75, 3.05) is 9.80 Å². The van der Waals surface area contributed by atoms with E-state index in [4.69, 9.17) is 4.98 Å². The van der Waals surface area contributed by atoms with Crippen LogP contribution in [0.2, 0.25) is 0 Å². The van der Waals surface area contributed by atoms with Crippen molar-refractivity contribution in [3.05, 3.63) is 100 Å². The van der Waals surface area contributed by atoms with Crippen LogP contribution in [-0.2, 0) is 0 Å². The molecule has 1 aromatic heterocycles. The Morgan fingerprint density at radius 1 is 0.632 bits per heavy atom. The van der Waals surface area contributed by atoms with E-state index in [0.29, 0.717) is 11.8 Å². The second-order valence-electron chi connectivity index (χ2n) is 11.5. The Hall–Kier alpha value is -3.59. The van der Waals surface area contributed by atoms with Gasteiger partial charge in [0.05, 0.1) is 34.1 Å². The molecule has 0 spiro atoms. The molecule has 1 aliphatic rings. The lowest BCUT2D eigenvalue weighted by Crippen LogP contribution is -2.37. The Bertz CT molecular complexity index is 1430. The molecule has 196 valence electrons. The molecule has 4 aromatic rings. The zero-order valence-corrected chi connectivity index (χ0v) is 24.4. The summed E-state index contributed by atoms with van der Waals surface area (Å²) in [5.41, 5.74) is 15.0. The zero-order valence-electron chi connectivity index (χ0n) is 24.4. The molecule has 0 aliphatic carbocycles. The Labute approximate surface area is 229 Å². The molecular weight excluding hydrogens is 462 g/mol. The van der Waals surface area contributed by atoms with Crippen LogP contribution in [-0.4, -0.2) is 11.1 Å². The molecule has 0 saturated heterocycles. The molecule has 5 rings (SSSR count). The highest BCUT2D eigenvalue weighted by Crippen LogP contribution is 2.52. The molecule has 0 saturated carbocycles. The fourth-order valence-electron chi connectivity index (χ4n) is 6.33. The molecule has 3 nitrogen and oxygen atoms in total. The third-order valence-corrected chi connectivity index (χ3v) is 8.07. The van der Waals surface area contributed by atoms with Gasteiger partial charge in [-0.05, 0) is 92.5 Å². The quantitative estimate of drug-likeness (QED) is 0.270. The van der Waals surface area contributed by atoms with Gasteiger partial charge in [-0.3, -0.25) is 4.98 Å². The van der Waals surface area contributed by atoms with E-state index in [1.54, 1.807) is 0 Å². The average molecular weight is 504 g/mol. The number of hydrogen-bond acceptors (Lipinski definition) is 3. The number of hydrogen-bond donors (Lipinski definition) is 0. The van der Waals surface area contributed by atoms with Gasteiger partial charge in [0.25, 0.3) is 0 Å². The van der Waals surface area contributed by atoms with Crippen molar-refractivity contribution in [1.82, 2.24) is 4.98 Å². The third-order valence-electron chi connectivity index (χ3n) is 8.07. The van der Waals surface area contributed by atoms with Gasteiger partial charge in [-0.1, -0.05) is 76.2 Å². The predicted octanol–water partition coefficient (Wildman–Crippen LogP) is 9.86. The molecular formula is C35H41N3. The van der Waals surface area contributed by atoms with Crippen LogP contribution >= 0.6 is 0 Å². The summed E-state index contributed by atoms with van der Waals surface area (Å²) in [5, 5.41) is 0. The van der Waals surface area contributed by atoms with Crippen LogP contribution in [0, 0.1) is 27.7 Å². The van der Waals surface area contributed by atoms with Crippen molar-refractivity contribution >= 4 is 22.7 Å². The van der Waals surface area contributed by atoms with E-state index < -0.39 is 0 Å². The van der Waals surface area contributed by atoms with Crippen LogP contribution in [0.4, 0.5) is 22.7 Å². The van der Waals surface area contributed by atoms with E-state index in [1.807, 2.05) is 0 Å². The van der Waals surface area contributed by atoms with Crippen LogP contribution in [0.1, 0.15) is 80.0 Å². The van der Waals surface area contributed by atoms with Crippen molar-refractivity contribution < 1.29 is 0 Å². The Morgan fingerprint density at radius 3 is 1.63 bits per heavy atom. The number of anilines is 4. The highest BCUT2D eigenvalue weighted by atomic mass is 15.4. The molecule has 1 atom stereocenters. The number of aryl methyl sites for hydroxylation is 4. The summed E-state index contributed by atoms with van der Waals surface area (Å²) in [7, 11) is 0. The SMILES string of the molecule is Cc1cccc(C)c1-c1cc(C)c(N2c3ccccc3N(c3c(C(C)C)cccc3C(C)C)[C@H]2C)c(C)n1. The van der Waals surface area contributed by atoms with Crippen LogP contribution in [0.25, 0.3) is 11.3 Å². The van der Waals surface area contributed by atoms with Gasteiger partial charge in [0, 0.05) is 5.56 Å². The first kappa shape index (κ1) is 26.0. The lowest BCUT2D eigenvalue weighted by Gasteiger charge is -2.35. The molecule has 0 radical (unpaired) electrons. The first-order valence-electron chi connectivity index (χ1n) is 14.0. The van der Waals surface area contributed by atoms with Gasteiger partial charge in [0.15, 0.2) is 0 Å². The standard InChI is InChI=1S/C35H41N3/c1-21(2)28-16-13-17-29(22(3)4)35(28)38-27(9)37(31-18-10-11-19-32(31)38)34-25(7)20-30(36-26(34)8)33-23(5)14-12-15-24(33)6/h10-22,27H,1-9H3/t27-/m0/s1. The normalized spacial score (nSPS) is 15.1. The van der Waals surface area contributed by atoms with Gasteiger partial charge in [-0.15, -0.1) is 0 Å². The Morgan fingerprint density at radius 2 is 1.13 bits per heavy atom. The summed E-state index contributed by atoms with van der Waals surface area (Å²) in [6.07, 6.45) is 0.107. The van der Waals surface area contributed by atoms with Crippen LogP contribution in [0.5, 0.6) is 0 Å². The highest BCUT2D eigenvalue weighted by Gasteiger charge is 2.38. The lowest BCUT2D eigenvalue weighted by atomic mass is 9.91. The summed E-state index contributed by atoms with van der Waals surface area (Å²) in [5.74, 6) is 0.859. The van der Waals surface area contributed by atoms with Gasteiger partial charge in [-0.2, -0.15) is 0 Å². The van der Waals surface area contributed by atoms with Crippen molar-refractivity contribution in [2.45, 2.75) is 80.3 Å². The van der Waals surface area contributed by atoms with Gasteiger partial charge in [0.2, 0.25) is 0 Å². The predicted molar refractivity (Wildman–Crippen MR) is 163 cm³/mol. The number of para-hydroxylation sites is 3. The highest BCUT2D eigenvalue weighted by molar-refractivity contribution is 5.91. The molecule has 3 aromatic carbocycles. The van der Waals surface area contributed by atoms with Crippen molar-refractivity contribution in [3.63, 3.8) is 0 Å². The molecule has 0 N–H and O–H groups in total. The number of benzene rings is 3. The second kappa shape index (κ2) is 9.94. The summed E-state index contributed by atoms with van der Waals surface area (Å²) in [6.45, 7) is 20.3. The Kier molecular flexibility index (Phi) is 6.81. The van der Waals surface area contributed by atoms with E-state index >= 15 is 0 Å². The monoisotopic (exact) mass is 503 g/mol. The molecule has 0 amide bonds. The second-order valence-corrected chi connectivity index (χ2v) is 11.5. The first-order chi connectivity index (χ1) is 18.1. The molecule has 0 bridgehead atoms. The van der Waals surface area contributed by atoms with Gasteiger partial charge < -0.3 is 9.80 Å². The van der Waals surface area contributed by atoms with Crippen molar-refractivity contribution in [3.8, 4) is 11.3 Å². The summed E-state index contributed by atoms with van der Waals surface area (Å²) in [6, 6.07) is 24.5. The van der Waals surface area contributed by atoms with Gasteiger partial charge in [-0.25, -0.2) is 0 Å².